The molecule has 1 saturated heterocycles. The van der Waals surface area contributed by atoms with Crippen molar-refractivity contribution in [3.8, 4) is 0 Å². The SMILES string of the molecule is CCN1CCC[C@@](C)(C(=O)N2CCc3c(c(C(=O)O)nn3CC3CC3)C2)C1. The topological polar surface area (TPSA) is 78.7 Å². The maximum Gasteiger partial charge on any atom is 0.356 e. The lowest BCUT2D eigenvalue weighted by Crippen LogP contribution is -2.52. The average molecular weight is 374 g/mol. The number of carboxylic acids is 1. The highest BCUT2D eigenvalue weighted by Crippen LogP contribution is 2.35. The van der Waals surface area contributed by atoms with E-state index < -0.39 is 5.97 Å². The molecule has 0 unspecified atom stereocenters. The van der Waals surface area contributed by atoms with Gasteiger partial charge in [-0.1, -0.05) is 6.92 Å². The summed E-state index contributed by atoms with van der Waals surface area (Å²) >= 11 is 0. The van der Waals surface area contributed by atoms with Gasteiger partial charge in [-0.05, 0) is 51.6 Å². The molecule has 1 atom stereocenters. The molecule has 1 amide bonds. The van der Waals surface area contributed by atoms with Crippen molar-refractivity contribution < 1.29 is 14.7 Å². The molecule has 1 aromatic rings. The van der Waals surface area contributed by atoms with E-state index in [4.69, 9.17) is 0 Å². The number of carboxylic acid groups (broad SMARTS) is 1. The summed E-state index contributed by atoms with van der Waals surface area (Å²) in [6, 6.07) is 0. The molecule has 1 N–H and O–H groups in total. The second-order valence-corrected chi connectivity index (χ2v) is 8.71. The van der Waals surface area contributed by atoms with Crippen LogP contribution in [0, 0.1) is 11.3 Å². The van der Waals surface area contributed by atoms with E-state index >= 15 is 0 Å². The van der Waals surface area contributed by atoms with Gasteiger partial charge in [0.25, 0.3) is 0 Å². The van der Waals surface area contributed by atoms with Crippen molar-refractivity contribution >= 4 is 11.9 Å². The van der Waals surface area contributed by atoms with E-state index in [-0.39, 0.29) is 17.0 Å². The van der Waals surface area contributed by atoms with Gasteiger partial charge in [0.15, 0.2) is 5.69 Å². The Morgan fingerprint density at radius 3 is 2.74 bits per heavy atom. The normalized spacial score (nSPS) is 26.1. The van der Waals surface area contributed by atoms with Gasteiger partial charge < -0.3 is 14.9 Å². The first-order chi connectivity index (χ1) is 12.9. The Bertz CT molecular complexity index is 755. The van der Waals surface area contributed by atoms with Crippen molar-refractivity contribution in [2.45, 2.75) is 59.0 Å². The number of aromatic nitrogens is 2. The molecule has 1 aliphatic carbocycles. The second-order valence-electron chi connectivity index (χ2n) is 8.71. The molecular formula is C20H30N4O3. The van der Waals surface area contributed by atoms with Crippen LogP contribution in [0.15, 0.2) is 0 Å². The number of carbonyl (C=O) groups excluding carboxylic acids is 1. The standard InChI is InChI=1S/C20H30N4O3/c1-3-22-9-4-8-20(2,13-22)19(27)23-10-7-16-15(12-23)17(18(25)26)21-24(16)11-14-5-6-14/h14H,3-13H2,1-2H3,(H,25,26)/t20-/m1/s1. The van der Waals surface area contributed by atoms with Gasteiger partial charge >= 0.3 is 5.97 Å². The Kier molecular flexibility index (Phi) is 4.74. The summed E-state index contributed by atoms with van der Waals surface area (Å²) in [5, 5.41) is 14.0. The second kappa shape index (κ2) is 6.93. The molecule has 1 saturated carbocycles. The third-order valence-electron chi connectivity index (χ3n) is 6.49. The number of amides is 1. The fraction of sp³-hybridized carbons (Fsp3) is 0.750. The van der Waals surface area contributed by atoms with Gasteiger partial charge in [-0.25, -0.2) is 4.79 Å². The summed E-state index contributed by atoms with van der Waals surface area (Å²) in [4.78, 5) is 29.3. The highest BCUT2D eigenvalue weighted by Gasteiger charge is 2.42. The molecular weight excluding hydrogens is 344 g/mol. The fourth-order valence-electron chi connectivity index (χ4n) is 4.70. The molecule has 3 aliphatic rings. The summed E-state index contributed by atoms with van der Waals surface area (Å²) in [7, 11) is 0. The van der Waals surface area contributed by atoms with Crippen LogP contribution in [0.2, 0.25) is 0 Å². The van der Waals surface area contributed by atoms with Crippen LogP contribution in [0.25, 0.3) is 0 Å². The number of nitrogens with zero attached hydrogens (tertiary/aromatic N) is 4. The minimum atomic E-state index is -0.990. The van der Waals surface area contributed by atoms with E-state index in [9.17, 15) is 14.7 Å². The minimum absolute atomic E-state index is 0.132. The third kappa shape index (κ3) is 3.49. The highest BCUT2D eigenvalue weighted by atomic mass is 16.4. The first-order valence-corrected chi connectivity index (χ1v) is 10.2. The van der Waals surface area contributed by atoms with E-state index in [2.05, 4.69) is 23.8 Å². The third-order valence-corrected chi connectivity index (χ3v) is 6.49. The molecule has 4 rings (SSSR count). The van der Waals surface area contributed by atoms with Crippen molar-refractivity contribution in [3.05, 3.63) is 17.0 Å². The molecule has 1 aromatic heterocycles. The molecule has 3 heterocycles. The van der Waals surface area contributed by atoms with Crippen molar-refractivity contribution in [1.82, 2.24) is 19.6 Å². The van der Waals surface area contributed by atoms with Gasteiger partial charge in [0.1, 0.15) is 0 Å². The van der Waals surface area contributed by atoms with Gasteiger partial charge in [0, 0.05) is 43.9 Å². The monoisotopic (exact) mass is 374 g/mol. The van der Waals surface area contributed by atoms with Crippen LogP contribution in [0.3, 0.4) is 0 Å². The Morgan fingerprint density at radius 2 is 2.07 bits per heavy atom. The molecule has 0 bridgehead atoms. The fourth-order valence-corrected chi connectivity index (χ4v) is 4.70. The number of hydrogen-bond acceptors (Lipinski definition) is 4. The molecule has 7 heteroatoms. The van der Waals surface area contributed by atoms with Crippen LogP contribution >= 0.6 is 0 Å². The number of piperidine rings is 1. The number of aromatic carboxylic acids is 1. The van der Waals surface area contributed by atoms with Crippen molar-refractivity contribution in [3.63, 3.8) is 0 Å². The molecule has 2 aliphatic heterocycles. The quantitative estimate of drug-likeness (QED) is 0.853. The lowest BCUT2D eigenvalue weighted by Gasteiger charge is -2.42. The average Bonchev–Trinajstić information content (AvgIpc) is 3.40. The number of rotatable bonds is 5. The van der Waals surface area contributed by atoms with E-state index in [0.717, 1.165) is 50.3 Å². The Labute approximate surface area is 160 Å². The smallest absolute Gasteiger partial charge is 0.356 e. The predicted molar refractivity (Wildman–Crippen MR) is 100 cm³/mol. The van der Waals surface area contributed by atoms with E-state index in [0.29, 0.717) is 25.4 Å². The Morgan fingerprint density at radius 1 is 1.30 bits per heavy atom. The van der Waals surface area contributed by atoms with Crippen molar-refractivity contribution in [2.75, 3.05) is 26.2 Å². The number of fused-ring (bicyclic) bond motifs is 1. The van der Waals surface area contributed by atoms with Crippen molar-refractivity contribution in [1.29, 1.82) is 0 Å². The molecule has 0 radical (unpaired) electrons. The summed E-state index contributed by atoms with van der Waals surface area (Å²) in [6.07, 6.45) is 5.04. The van der Waals surface area contributed by atoms with Crippen LogP contribution in [0.5, 0.6) is 0 Å². The van der Waals surface area contributed by atoms with Crippen LogP contribution in [0.4, 0.5) is 0 Å². The van der Waals surface area contributed by atoms with Crippen LogP contribution < -0.4 is 0 Å². The lowest BCUT2D eigenvalue weighted by atomic mass is 9.80. The first-order valence-electron chi connectivity index (χ1n) is 10.2. The van der Waals surface area contributed by atoms with Gasteiger partial charge in [-0.2, -0.15) is 5.10 Å². The maximum atomic E-state index is 13.3. The first kappa shape index (κ1) is 18.5. The molecule has 0 aromatic carbocycles. The minimum Gasteiger partial charge on any atom is -0.476 e. The number of carbonyl (C=O) groups is 2. The zero-order chi connectivity index (χ0) is 19.2. The largest absolute Gasteiger partial charge is 0.476 e. The molecule has 0 spiro atoms. The zero-order valence-corrected chi connectivity index (χ0v) is 16.4. The summed E-state index contributed by atoms with van der Waals surface area (Å²) in [6.45, 7) is 8.86. The van der Waals surface area contributed by atoms with Gasteiger partial charge in [0.05, 0.1) is 5.41 Å². The van der Waals surface area contributed by atoms with E-state index in [1.807, 2.05) is 9.58 Å². The van der Waals surface area contributed by atoms with Gasteiger partial charge in [-0.15, -0.1) is 0 Å². The number of hydrogen-bond donors (Lipinski definition) is 1. The summed E-state index contributed by atoms with van der Waals surface area (Å²) < 4.78 is 1.90. The molecule has 148 valence electrons. The molecule has 7 nitrogen and oxygen atoms in total. The van der Waals surface area contributed by atoms with Crippen LogP contribution in [-0.2, 0) is 24.3 Å². The summed E-state index contributed by atoms with van der Waals surface area (Å²) in [5.74, 6) is -0.190. The van der Waals surface area contributed by atoms with Gasteiger partial charge in [-0.3, -0.25) is 9.48 Å². The highest BCUT2D eigenvalue weighted by molar-refractivity contribution is 5.88. The maximum absolute atomic E-state index is 13.3. The van der Waals surface area contributed by atoms with Crippen LogP contribution in [0.1, 0.15) is 61.3 Å². The van der Waals surface area contributed by atoms with Crippen molar-refractivity contribution in [2.24, 2.45) is 11.3 Å². The Balaban J connectivity index is 1.56. The van der Waals surface area contributed by atoms with Gasteiger partial charge in [0.2, 0.25) is 5.91 Å². The number of likely N-dealkylation sites (tertiary alicyclic amines) is 1. The van der Waals surface area contributed by atoms with Crippen LogP contribution in [-0.4, -0.2) is 62.7 Å². The van der Waals surface area contributed by atoms with E-state index in [1.165, 1.54) is 12.8 Å². The zero-order valence-electron chi connectivity index (χ0n) is 16.4. The lowest BCUT2D eigenvalue weighted by molar-refractivity contribution is -0.145. The predicted octanol–water partition coefficient (Wildman–Crippen LogP) is 2.00. The Hall–Kier alpha value is -1.89. The molecule has 2 fully saturated rings. The summed E-state index contributed by atoms with van der Waals surface area (Å²) in [5.41, 5.74) is 1.52. The molecule has 27 heavy (non-hydrogen) atoms. The van der Waals surface area contributed by atoms with E-state index in [1.54, 1.807) is 0 Å².